The Hall–Kier alpha value is -2.96. The van der Waals surface area contributed by atoms with Crippen molar-refractivity contribution in [2.24, 2.45) is 0 Å². The van der Waals surface area contributed by atoms with Crippen LogP contribution >= 0.6 is 11.3 Å². The van der Waals surface area contributed by atoms with Crippen molar-refractivity contribution in [3.63, 3.8) is 0 Å². The number of nitrogens with one attached hydrogen (secondary N) is 1. The largest absolute Gasteiger partial charge is 0.326 e. The maximum absolute atomic E-state index is 13.4. The monoisotopic (exact) mass is 420 g/mol. The minimum absolute atomic E-state index is 0.0312. The van der Waals surface area contributed by atoms with E-state index < -0.39 is 0 Å². The number of anilines is 2. The zero-order valence-corrected chi connectivity index (χ0v) is 18.0. The van der Waals surface area contributed by atoms with Crippen molar-refractivity contribution in [2.45, 2.75) is 32.4 Å². The molecule has 1 aromatic heterocycles. The van der Waals surface area contributed by atoms with Gasteiger partial charge in [-0.3, -0.25) is 14.5 Å². The van der Waals surface area contributed by atoms with Gasteiger partial charge >= 0.3 is 0 Å². The average molecular weight is 421 g/mol. The highest BCUT2D eigenvalue weighted by Gasteiger charge is 2.33. The van der Waals surface area contributed by atoms with Gasteiger partial charge in [-0.1, -0.05) is 49.4 Å². The van der Waals surface area contributed by atoms with Crippen LogP contribution < -0.4 is 15.5 Å². The van der Waals surface area contributed by atoms with Crippen LogP contribution in [0.4, 0.5) is 11.4 Å². The molecule has 1 aliphatic rings. The first-order valence-electron chi connectivity index (χ1n) is 10.2. The van der Waals surface area contributed by atoms with Crippen molar-refractivity contribution >= 4 is 34.5 Å². The maximum atomic E-state index is 13.4. The van der Waals surface area contributed by atoms with E-state index in [1.807, 2.05) is 37.3 Å². The highest BCUT2D eigenvalue weighted by molar-refractivity contribution is 7.10. The number of fused-ring (bicyclic) bond motifs is 1. The molecule has 2 aromatic carbocycles. The van der Waals surface area contributed by atoms with E-state index in [1.54, 1.807) is 16.2 Å². The van der Waals surface area contributed by atoms with Crippen molar-refractivity contribution in [3.8, 4) is 0 Å². The maximum Gasteiger partial charge on any atom is 0.285 e. The molecule has 5 nitrogen and oxygen atoms in total. The van der Waals surface area contributed by atoms with Crippen LogP contribution in [0.5, 0.6) is 0 Å². The molecule has 0 unspecified atom stereocenters. The van der Waals surface area contributed by atoms with Gasteiger partial charge < -0.3 is 10.6 Å². The van der Waals surface area contributed by atoms with E-state index in [9.17, 15) is 9.59 Å². The van der Waals surface area contributed by atoms with Crippen LogP contribution in [-0.2, 0) is 16.0 Å². The third-order valence-electron chi connectivity index (χ3n) is 5.50. The van der Waals surface area contributed by atoms with Crippen LogP contribution in [0.3, 0.4) is 0 Å². The van der Waals surface area contributed by atoms with E-state index in [0.29, 0.717) is 5.69 Å². The summed E-state index contributed by atoms with van der Waals surface area (Å²) in [4.78, 5) is 28.3. The molecule has 2 atom stereocenters. The van der Waals surface area contributed by atoms with Gasteiger partial charge in [-0.05, 0) is 42.5 Å². The quantitative estimate of drug-likeness (QED) is 0.642. The second-order valence-electron chi connectivity index (χ2n) is 7.56. The third kappa shape index (κ3) is 4.15. The second-order valence-corrected chi connectivity index (χ2v) is 8.54. The lowest BCUT2D eigenvalue weighted by Gasteiger charge is -2.31. The predicted octanol–water partition coefficient (Wildman–Crippen LogP) is 3.34. The number of hydrogen-bond donors (Lipinski definition) is 2. The standard InChI is InChI=1S/C24H25N3O2S/c1-3-17-10-12-18(13-11-17)23(21-9-6-14-30-21)25-16(2)24(29)27-15-22(28)26-19-7-4-5-8-20(19)27/h4-14,16,23,25H,3,15H2,1-2H3,(H,26,28)/p+1/t16-,23-/m0/s1. The van der Waals surface area contributed by atoms with E-state index in [4.69, 9.17) is 0 Å². The molecule has 1 aliphatic heterocycles. The number of para-hydroxylation sites is 2. The topological polar surface area (TPSA) is 66.0 Å². The summed E-state index contributed by atoms with van der Waals surface area (Å²) in [7, 11) is 0. The minimum Gasteiger partial charge on any atom is -0.326 e. The van der Waals surface area contributed by atoms with Crippen LogP contribution in [0.2, 0.25) is 0 Å². The van der Waals surface area contributed by atoms with Gasteiger partial charge in [0.2, 0.25) is 5.91 Å². The Morgan fingerprint density at radius 3 is 2.60 bits per heavy atom. The number of nitrogens with zero attached hydrogens (tertiary/aromatic N) is 1. The Bertz CT molecular complexity index is 1030. The molecule has 0 spiro atoms. The van der Waals surface area contributed by atoms with Crippen molar-refractivity contribution in [1.29, 1.82) is 0 Å². The van der Waals surface area contributed by atoms with Crippen molar-refractivity contribution in [1.82, 2.24) is 0 Å². The summed E-state index contributed by atoms with van der Waals surface area (Å²) >= 11 is 1.69. The van der Waals surface area contributed by atoms with Gasteiger partial charge in [0.15, 0.2) is 6.04 Å². The Morgan fingerprint density at radius 2 is 1.90 bits per heavy atom. The molecule has 3 aromatic rings. The molecule has 2 heterocycles. The van der Waals surface area contributed by atoms with Gasteiger partial charge in [-0.25, -0.2) is 0 Å². The molecule has 0 saturated heterocycles. The summed E-state index contributed by atoms with van der Waals surface area (Å²) in [5.41, 5.74) is 3.90. The number of aryl methyl sites for hydroxylation is 1. The molecule has 154 valence electrons. The number of thiophene rings is 1. The van der Waals surface area contributed by atoms with E-state index in [1.165, 1.54) is 16.0 Å². The molecule has 0 aliphatic carbocycles. The first kappa shape index (κ1) is 20.3. The van der Waals surface area contributed by atoms with Crippen LogP contribution in [0.25, 0.3) is 0 Å². The molecule has 3 N–H and O–H groups in total. The lowest BCUT2D eigenvalue weighted by atomic mass is 10.0. The van der Waals surface area contributed by atoms with Gasteiger partial charge in [0.05, 0.1) is 16.3 Å². The van der Waals surface area contributed by atoms with Gasteiger partial charge in [0.25, 0.3) is 5.91 Å². The lowest BCUT2D eigenvalue weighted by Crippen LogP contribution is -2.93. The summed E-state index contributed by atoms with van der Waals surface area (Å²) in [5, 5.41) is 7.01. The van der Waals surface area contributed by atoms with Crippen molar-refractivity contribution in [2.75, 3.05) is 16.8 Å². The lowest BCUT2D eigenvalue weighted by molar-refractivity contribution is -0.704. The van der Waals surface area contributed by atoms with E-state index in [-0.39, 0.29) is 30.4 Å². The fourth-order valence-corrected chi connectivity index (χ4v) is 4.68. The summed E-state index contributed by atoms with van der Waals surface area (Å²) < 4.78 is 0. The fourth-order valence-electron chi connectivity index (χ4n) is 3.85. The van der Waals surface area contributed by atoms with Crippen LogP contribution in [0.15, 0.2) is 66.0 Å². The molecule has 0 fully saturated rings. The van der Waals surface area contributed by atoms with Crippen molar-refractivity contribution < 1.29 is 14.9 Å². The molecule has 6 heteroatoms. The number of amides is 2. The van der Waals surface area contributed by atoms with Crippen LogP contribution in [0.1, 0.15) is 35.9 Å². The molecule has 0 radical (unpaired) electrons. The number of carbonyl (C=O) groups excluding carboxylic acids is 2. The smallest absolute Gasteiger partial charge is 0.285 e. The molecular formula is C24H26N3O2S+. The highest BCUT2D eigenvalue weighted by atomic mass is 32.1. The molecular weight excluding hydrogens is 394 g/mol. The van der Waals surface area contributed by atoms with Gasteiger partial charge in [-0.2, -0.15) is 0 Å². The Balaban J connectivity index is 1.59. The SMILES string of the molecule is CCc1ccc([C@H]([NH2+][C@@H](C)C(=O)N2CC(=O)Nc3ccccc32)c2cccs2)cc1. The molecule has 4 rings (SSSR count). The summed E-state index contributed by atoms with van der Waals surface area (Å²) in [6.45, 7) is 4.10. The highest BCUT2D eigenvalue weighted by Crippen LogP contribution is 2.29. The minimum atomic E-state index is -0.345. The van der Waals surface area contributed by atoms with E-state index >= 15 is 0 Å². The van der Waals surface area contributed by atoms with Gasteiger partial charge in [0.1, 0.15) is 12.6 Å². The molecule has 0 bridgehead atoms. The summed E-state index contributed by atoms with van der Waals surface area (Å²) in [6, 6.07) is 19.9. The average Bonchev–Trinajstić information content (AvgIpc) is 3.31. The Labute approximate surface area is 180 Å². The summed E-state index contributed by atoms with van der Waals surface area (Å²) in [5.74, 6) is -0.233. The number of quaternary nitrogens is 1. The van der Waals surface area contributed by atoms with E-state index in [0.717, 1.165) is 12.1 Å². The number of nitrogens with two attached hydrogens (primary N) is 1. The number of carbonyl (C=O) groups is 2. The van der Waals surface area contributed by atoms with E-state index in [2.05, 4.69) is 53.3 Å². The number of benzene rings is 2. The Morgan fingerprint density at radius 1 is 1.13 bits per heavy atom. The first-order valence-corrected chi connectivity index (χ1v) is 11.1. The zero-order chi connectivity index (χ0) is 21.1. The fraction of sp³-hybridized carbons (Fsp3) is 0.250. The summed E-state index contributed by atoms with van der Waals surface area (Å²) in [6.07, 6.45) is 0.999. The molecule has 0 saturated carbocycles. The number of rotatable bonds is 6. The first-order chi connectivity index (χ1) is 14.6. The second kappa shape index (κ2) is 8.81. The van der Waals surface area contributed by atoms with Crippen molar-refractivity contribution in [3.05, 3.63) is 82.0 Å². The van der Waals surface area contributed by atoms with Crippen LogP contribution in [0, 0.1) is 0 Å². The Kier molecular flexibility index (Phi) is 5.97. The van der Waals surface area contributed by atoms with Gasteiger partial charge in [0, 0.05) is 5.56 Å². The van der Waals surface area contributed by atoms with Gasteiger partial charge in [-0.15, -0.1) is 11.3 Å². The van der Waals surface area contributed by atoms with Crippen LogP contribution in [-0.4, -0.2) is 24.4 Å². The number of hydrogen-bond acceptors (Lipinski definition) is 3. The molecule has 2 amide bonds. The predicted molar refractivity (Wildman–Crippen MR) is 121 cm³/mol. The normalized spacial score (nSPS) is 15.3. The third-order valence-corrected chi connectivity index (χ3v) is 6.46. The molecule has 30 heavy (non-hydrogen) atoms. The zero-order valence-electron chi connectivity index (χ0n) is 17.2.